The van der Waals surface area contributed by atoms with Crippen LogP contribution in [0.2, 0.25) is 5.02 Å². The van der Waals surface area contributed by atoms with Gasteiger partial charge >= 0.3 is 5.97 Å². The molecular formula is C22H22ClFN4O4S. The summed E-state index contributed by atoms with van der Waals surface area (Å²) in [6.45, 7) is 1.82. The summed E-state index contributed by atoms with van der Waals surface area (Å²) in [5.41, 5.74) is 0.926. The second-order valence-corrected chi connectivity index (χ2v) is 9.73. The van der Waals surface area contributed by atoms with Crippen molar-refractivity contribution in [3.05, 3.63) is 77.3 Å². The molecule has 1 aliphatic rings. The minimum Gasteiger partial charge on any atom is -0.460 e. The maximum absolute atomic E-state index is 13.2. The summed E-state index contributed by atoms with van der Waals surface area (Å²) < 4.78 is 47.9. The van der Waals surface area contributed by atoms with Crippen LogP contribution in [-0.2, 0) is 21.3 Å². The third kappa shape index (κ3) is 5.35. The van der Waals surface area contributed by atoms with Gasteiger partial charge in [0.25, 0.3) is 0 Å². The second-order valence-electron chi connectivity index (χ2n) is 7.42. The summed E-state index contributed by atoms with van der Waals surface area (Å²) in [5, 5.41) is 4.06. The Bertz CT molecular complexity index is 1210. The Labute approximate surface area is 196 Å². The van der Waals surface area contributed by atoms with E-state index in [2.05, 4.69) is 5.10 Å². The fourth-order valence-electron chi connectivity index (χ4n) is 3.55. The number of piperazine rings is 1. The number of halogens is 2. The molecule has 0 atom stereocenters. The molecule has 174 valence electrons. The topological polar surface area (TPSA) is 84.7 Å². The van der Waals surface area contributed by atoms with E-state index < -0.39 is 16.0 Å². The molecule has 0 unspecified atom stereocenters. The lowest BCUT2D eigenvalue weighted by Gasteiger charge is -2.35. The Hall–Kier alpha value is -2.95. The molecule has 2 heterocycles. The van der Waals surface area contributed by atoms with Gasteiger partial charge in [-0.1, -0.05) is 11.6 Å². The molecule has 0 amide bonds. The number of anilines is 1. The molecule has 0 radical (unpaired) electrons. The lowest BCUT2D eigenvalue weighted by Crippen LogP contribution is -2.48. The largest absolute Gasteiger partial charge is 0.460 e. The first-order valence-corrected chi connectivity index (χ1v) is 12.1. The van der Waals surface area contributed by atoms with Crippen molar-refractivity contribution in [2.24, 2.45) is 0 Å². The normalized spacial score (nSPS) is 14.9. The van der Waals surface area contributed by atoms with Crippen LogP contribution < -0.4 is 4.90 Å². The van der Waals surface area contributed by atoms with Crippen LogP contribution in [0, 0.1) is 5.82 Å². The average Bonchev–Trinajstić information content (AvgIpc) is 3.33. The molecule has 1 aromatic heterocycles. The van der Waals surface area contributed by atoms with Gasteiger partial charge in [0.05, 0.1) is 17.1 Å². The number of hydrogen-bond donors (Lipinski definition) is 0. The van der Waals surface area contributed by atoms with Crippen molar-refractivity contribution < 1.29 is 22.3 Å². The highest BCUT2D eigenvalue weighted by Crippen LogP contribution is 2.28. The minimum atomic E-state index is -3.92. The van der Waals surface area contributed by atoms with E-state index in [1.807, 2.05) is 4.90 Å². The predicted molar refractivity (Wildman–Crippen MR) is 121 cm³/mol. The van der Waals surface area contributed by atoms with Gasteiger partial charge in [0.2, 0.25) is 10.0 Å². The molecule has 11 heteroatoms. The van der Waals surface area contributed by atoms with Gasteiger partial charge in [-0.05, 0) is 48.5 Å². The van der Waals surface area contributed by atoms with Gasteiger partial charge in [-0.25, -0.2) is 17.6 Å². The fraction of sp³-hybridized carbons (Fsp3) is 0.273. The van der Waals surface area contributed by atoms with Crippen LogP contribution in [0.25, 0.3) is 0 Å². The first kappa shape index (κ1) is 23.2. The highest BCUT2D eigenvalue weighted by atomic mass is 35.5. The molecule has 4 rings (SSSR count). The number of nitrogens with zero attached hydrogens (tertiary/aromatic N) is 4. The molecule has 0 bridgehead atoms. The van der Waals surface area contributed by atoms with Crippen LogP contribution in [0.5, 0.6) is 0 Å². The minimum absolute atomic E-state index is 0.0315. The van der Waals surface area contributed by atoms with Gasteiger partial charge in [0, 0.05) is 44.3 Å². The number of ether oxygens (including phenoxy) is 1. The quantitative estimate of drug-likeness (QED) is 0.471. The van der Waals surface area contributed by atoms with E-state index in [-0.39, 0.29) is 41.0 Å². The van der Waals surface area contributed by atoms with Crippen LogP contribution in [0.1, 0.15) is 10.4 Å². The summed E-state index contributed by atoms with van der Waals surface area (Å²) >= 11 is 6.20. The Morgan fingerprint density at radius 3 is 2.48 bits per heavy atom. The van der Waals surface area contributed by atoms with Gasteiger partial charge in [0.1, 0.15) is 17.3 Å². The maximum atomic E-state index is 13.2. The van der Waals surface area contributed by atoms with Crippen molar-refractivity contribution >= 4 is 33.3 Å². The lowest BCUT2D eigenvalue weighted by molar-refractivity contribution is 0.0487. The zero-order valence-corrected chi connectivity index (χ0v) is 19.2. The summed E-state index contributed by atoms with van der Waals surface area (Å²) in [4.78, 5) is 14.3. The third-order valence-electron chi connectivity index (χ3n) is 5.33. The Morgan fingerprint density at radius 2 is 1.82 bits per heavy atom. The highest BCUT2D eigenvalue weighted by molar-refractivity contribution is 7.89. The maximum Gasteiger partial charge on any atom is 0.338 e. The molecule has 3 aromatic rings. The Balaban J connectivity index is 1.42. The van der Waals surface area contributed by atoms with E-state index in [1.165, 1.54) is 34.6 Å². The molecule has 1 fully saturated rings. The molecule has 8 nitrogen and oxygen atoms in total. The molecule has 1 aliphatic heterocycles. The van der Waals surface area contributed by atoms with Crippen molar-refractivity contribution in [3.63, 3.8) is 0 Å². The number of carbonyl (C=O) groups excluding carboxylic acids is 1. The monoisotopic (exact) mass is 492 g/mol. The van der Waals surface area contributed by atoms with E-state index in [9.17, 15) is 17.6 Å². The van der Waals surface area contributed by atoms with Crippen molar-refractivity contribution in [2.45, 2.75) is 11.4 Å². The van der Waals surface area contributed by atoms with E-state index in [0.29, 0.717) is 19.6 Å². The summed E-state index contributed by atoms with van der Waals surface area (Å²) in [6, 6.07) is 11.9. The summed E-state index contributed by atoms with van der Waals surface area (Å²) in [7, 11) is -3.92. The van der Waals surface area contributed by atoms with Crippen LogP contribution >= 0.6 is 11.6 Å². The SMILES string of the molecule is O=C(OCCn1cccn1)c1ccc(Cl)c(S(=O)(=O)N2CCN(c3ccc(F)cc3)CC2)c1. The van der Waals surface area contributed by atoms with E-state index in [4.69, 9.17) is 16.3 Å². The van der Waals surface area contributed by atoms with Crippen molar-refractivity contribution in [2.75, 3.05) is 37.7 Å². The Morgan fingerprint density at radius 1 is 1.09 bits per heavy atom. The average molecular weight is 493 g/mol. The molecule has 0 N–H and O–H groups in total. The van der Waals surface area contributed by atoms with Crippen molar-refractivity contribution in [1.82, 2.24) is 14.1 Å². The van der Waals surface area contributed by atoms with Crippen molar-refractivity contribution in [1.29, 1.82) is 0 Å². The third-order valence-corrected chi connectivity index (χ3v) is 7.71. The van der Waals surface area contributed by atoms with E-state index >= 15 is 0 Å². The van der Waals surface area contributed by atoms with Gasteiger partial charge in [-0.2, -0.15) is 9.40 Å². The number of aromatic nitrogens is 2. The van der Waals surface area contributed by atoms with Crippen LogP contribution in [0.15, 0.2) is 65.8 Å². The van der Waals surface area contributed by atoms with Crippen LogP contribution in [0.3, 0.4) is 0 Å². The van der Waals surface area contributed by atoms with Crippen molar-refractivity contribution in [3.8, 4) is 0 Å². The zero-order valence-electron chi connectivity index (χ0n) is 17.6. The number of sulfonamides is 1. The molecule has 1 saturated heterocycles. The van der Waals surface area contributed by atoms with Gasteiger partial charge < -0.3 is 9.64 Å². The molecular weight excluding hydrogens is 471 g/mol. The number of hydrogen-bond acceptors (Lipinski definition) is 6. The number of esters is 1. The van der Waals surface area contributed by atoms with E-state index in [0.717, 1.165) is 5.69 Å². The molecule has 0 saturated carbocycles. The molecule has 0 spiro atoms. The molecule has 0 aliphatic carbocycles. The lowest BCUT2D eigenvalue weighted by atomic mass is 10.2. The predicted octanol–water partition coefficient (Wildman–Crippen LogP) is 3.04. The molecule has 2 aromatic carbocycles. The van der Waals surface area contributed by atoms with Crippen LogP contribution in [0.4, 0.5) is 10.1 Å². The Kier molecular flexibility index (Phi) is 6.96. The fourth-order valence-corrected chi connectivity index (χ4v) is 5.48. The molecule has 33 heavy (non-hydrogen) atoms. The highest BCUT2D eigenvalue weighted by Gasteiger charge is 2.31. The number of rotatable bonds is 7. The first-order chi connectivity index (χ1) is 15.8. The van der Waals surface area contributed by atoms with Gasteiger partial charge in [0.15, 0.2) is 0 Å². The number of carbonyl (C=O) groups is 1. The second kappa shape index (κ2) is 9.90. The summed E-state index contributed by atoms with van der Waals surface area (Å²) in [6.07, 6.45) is 3.37. The van der Waals surface area contributed by atoms with Gasteiger partial charge in [-0.3, -0.25) is 4.68 Å². The standard InChI is InChI=1S/C22H22ClFN4O4S/c23-20-7-2-17(22(29)32-15-14-27-9-1-8-25-27)16-21(20)33(30,31)28-12-10-26(11-13-28)19-5-3-18(24)4-6-19/h1-9,16H,10-15H2. The first-order valence-electron chi connectivity index (χ1n) is 10.3. The summed E-state index contributed by atoms with van der Waals surface area (Å²) in [5.74, 6) is -0.967. The zero-order chi connectivity index (χ0) is 23.4. The van der Waals surface area contributed by atoms with E-state index in [1.54, 1.807) is 35.3 Å². The smallest absolute Gasteiger partial charge is 0.338 e. The number of benzene rings is 2. The van der Waals surface area contributed by atoms with Gasteiger partial charge in [-0.15, -0.1) is 0 Å². The van der Waals surface area contributed by atoms with Crippen LogP contribution in [-0.4, -0.2) is 61.3 Å².